The van der Waals surface area contributed by atoms with E-state index in [1.54, 1.807) is 0 Å². The van der Waals surface area contributed by atoms with E-state index >= 15 is 0 Å². The van der Waals surface area contributed by atoms with Gasteiger partial charge in [0.2, 0.25) is 0 Å². The lowest BCUT2D eigenvalue weighted by atomic mass is 9.97. The highest BCUT2D eigenvalue weighted by Crippen LogP contribution is 2.33. The summed E-state index contributed by atoms with van der Waals surface area (Å²) in [6, 6.07) is 11.2. The number of aromatic amines is 1. The Bertz CT molecular complexity index is 850. The van der Waals surface area contributed by atoms with Gasteiger partial charge in [-0.05, 0) is 69.0 Å². The van der Waals surface area contributed by atoms with Crippen molar-refractivity contribution in [1.29, 1.82) is 0 Å². The highest BCUT2D eigenvalue weighted by molar-refractivity contribution is 5.91. The van der Waals surface area contributed by atoms with Crippen LogP contribution >= 0.6 is 0 Å². The topological polar surface area (TPSA) is 40.7 Å². The van der Waals surface area contributed by atoms with Crippen LogP contribution in [-0.2, 0) is 0 Å². The number of fused-ring (bicyclic) bond motifs is 1. The average Bonchev–Trinajstić information content (AvgIpc) is 3.14. The van der Waals surface area contributed by atoms with Gasteiger partial charge < -0.3 is 10.3 Å². The van der Waals surface area contributed by atoms with Crippen molar-refractivity contribution in [3.63, 3.8) is 0 Å². The van der Waals surface area contributed by atoms with E-state index < -0.39 is 0 Å². The van der Waals surface area contributed by atoms with E-state index in [1.807, 2.05) is 0 Å². The molecule has 2 aromatic heterocycles. The Kier molecular flexibility index (Phi) is 3.46. The molecule has 1 unspecified atom stereocenters. The first-order valence-corrected chi connectivity index (χ1v) is 8.40. The first-order valence-electron chi connectivity index (χ1n) is 8.40. The van der Waals surface area contributed by atoms with Crippen LogP contribution in [0.5, 0.6) is 0 Å². The maximum absolute atomic E-state index is 4.49. The number of aromatic nitrogens is 2. The first-order chi connectivity index (χ1) is 11.1. The van der Waals surface area contributed by atoms with Gasteiger partial charge in [-0.1, -0.05) is 12.1 Å². The van der Waals surface area contributed by atoms with Crippen molar-refractivity contribution in [3.05, 3.63) is 52.8 Å². The van der Waals surface area contributed by atoms with Crippen LogP contribution in [0.3, 0.4) is 0 Å². The van der Waals surface area contributed by atoms with Crippen LogP contribution in [0.25, 0.3) is 22.2 Å². The van der Waals surface area contributed by atoms with E-state index in [0.717, 1.165) is 24.5 Å². The van der Waals surface area contributed by atoms with E-state index in [9.17, 15) is 0 Å². The van der Waals surface area contributed by atoms with Crippen molar-refractivity contribution in [2.45, 2.75) is 33.1 Å². The summed E-state index contributed by atoms with van der Waals surface area (Å²) >= 11 is 0. The zero-order chi connectivity index (χ0) is 16.0. The maximum Gasteiger partial charge on any atom is 0.0495 e. The number of rotatable bonds is 2. The van der Waals surface area contributed by atoms with Gasteiger partial charge in [-0.3, -0.25) is 4.98 Å². The number of hydrogen-bond donors (Lipinski definition) is 2. The van der Waals surface area contributed by atoms with Crippen molar-refractivity contribution in [2.75, 3.05) is 13.1 Å². The third-order valence-corrected chi connectivity index (χ3v) is 4.98. The molecule has 3 heteroatoms. The second kappa shape index (κ2) is 5.50. The van der Waals surface area contributed by atoms with Crippen LogP contribution in [0, 0.1) is 20.8 Å². The Morgan fingerprint density at radius 3 is 2.52 bits per heavy atom. The number of nitrogens with one attached hydrogen (secondary N) is 2. The third-order valence-electron chi connectivity index (χ3n) is 4.98. The molecular formula is C20H23N3. The average molecular weight is 305 g/mol. The fourth-order valence-electron chi connectivity index (χ4n) is 3.82. The van der Waals surface area contributed by atoms with E-state index in [1.165, 1.54) is 39.7 Å². The summed E-state index contributed by atoms with van der Waals surface area (Å²) in [5.41, 5.74) is 8.59. The van der Waals surface area contributed by atoms with Crippen LogP contribution in [0.2, 0.25) is 0 Å². The molecule has 0 spiro atoms. The fraction of sp³-hybridized carbons (Fsp3) is 0.350. The molecule has 0 saturated carbocycles. The van der Waals surface area contributed by atoms with Crippen molar-refractivity contribution < 1.29 is 0 Å². The second-order valence-corrected chi connectivity index (χ2v) is 6.76. The molecule has 3 aromatic rings. The number of nitrogens with zero attached hydrogens (tertiary/aromatic N) is 1. The summed E-state index contributed by atoms with van der Waals surface area (Å²) in [5, 5.41) is 4.78. The largest absolute Gasteiger partial charge is 0.354 e. The van der Waals surface area contributed by atoms with Gasteiger partial charge in [0.1, 0.15) is 0 Å². The van der Waals surface area contributed by atoms with E-state index in [-0.39, 0.29) is 0 Å². The van der Waals surface area contributed by atoms with E-state index in [2.05, 4.69) is 66.4 Å². The Morgan fingerprint density at radius 1 is 1.04 bits per heavy atom. The standard InChI is InChI=1S/C20H23N3/c1-12-8-17(9-13(2)22-12)20-14(3)18-5-4-15(10-19(18)23-20)16-6-7-21-11-16/h4-5,8-10,16,21,23H,6-7,11H2,1-3H3. The molecule has 4 rings (SSSR count). The summed E-state index contributed by atoms with van der Waals surface area (Å²) < 4.78 is 0. The smallest absolute Gasteiger partial charge is 0.0495 e. The molecule has 23 heavy (non-hydrogen) atoms. The number of aryl methyl sites for hydroxylation is 3. The molecule has 3 nitrogen and oxygen atoms in total. The number of pyridine rings is 1. The highest BCUT2D eigenvalue weighted by Gasteiger charge is 2.18. The molecule has 3 heterocycles. The Labute approximate surface area is 137 Å². The Morgan fingerprint density at radius 2 is 1.83 bits per heavy atom. The molecule has 1 aliphatic rings. The lowest BCUT2D eigenvalue weighted by molar-refractivity contribution is 0.764. The van der Waals surface area contributed by atoms with Gasteiger partial charge in [0.25, 0.3) is 0 Å². The van der Waals surface area contributed by atoms with Crippen LogP contribution in [-0.4, -0.2) is 23.1 Å². The number of H-pyrrole nitrogens is 1. The van der Waals surface area contributed by atoms with Crippen molar-refractivity contribution in [2.24, 2.45) is 0 Å². The fourth-order valence-corrected chi connectivity index (χ4v) is 3.82. The molecule has 1 saturated heterocycles. The minimum Gasteiger partial charge on any atom is -0.354 e. The maximum atomic E-state index is 4.49. The molecule has 1 aromatic carbocycles. The monoisotopic (exact) mass is 305 g/mol. The van der Waals surface area contributed by atoms with Crippen LogP contribution in [0.4, 0.5) is 0 Å². The van der Waals surface area contributed by atoms with Gasteiger partial charge in [-0.25, -0.2) is 0 Å². The lowest BCUT2D eigenvalue weighted by Crippen LogP contribution is -2.07. The van der Waals surface area contributed by atoms with Gasteiger partial charge in [-0.2, -0.15) is 0 Å². The Balaban J connectivity index is 1.83. The molecule has 0 aliphatic carbocycles. The zero-order valence-electron chi connectivity index (χ0n) is 14.0. The van der Waals surface area contributed by atoms with Crippen LogP contribution in [0.1, 0.15) is 34.9 Å². The summed E-state index contributed by atoms with van der Waals surface area (Å²) in [6.45, 7) is 8.55. The lowest BCUT2D eigenvalue weighted by Gasteiger charge is -2.08. The molecule has 1 atom stereocenters. The van der Waals surface area contributed by atoms with Crippen LogP contribution in [0.15, 0.2) is 30.3 Å². The van der Waals surface area contributed by atoms with Gasteiger partial charge in [0.15, 0.2) is 0 Å². The molecule has 1 aliphatic heterocycles. The van der Waals surface area contributed by atoms with E-state index in [0.29, 0.717) is 5.92 Å². The van der Waals surface area contributed by atoms with Gasteiger partial charge in [0, 0.05) is 40.1 Å². The molecule has 0 amide bonds. The van der Waals surface area contributed by atoms with Gasteiger partial charge in [-0.15, -0.1) is 0 Å². The predicted octanol–water partition coefficient (Wildman–Crippen LogP) is 4.23. The van der Waals surface area contributed by atoms with Crippen molar-refractivity contribution >= 4 is 10.9 Å². The van der Waals surface area contributed by atoms with Gasteiger partial charge >= 0.3 is 0 Å². The molecule has 118 valence electrons. The predicted molar refractivity (Wildman–Crippen MR) is 96.0 cm³/mol. The number of hydrogen-bond acceptors (Lipinski definition) is 2. The first kappa shape index (κ1) is 14.5. The third kappa shape index (κ3) is 2.55. The summed E-state index contributed by atoms with van der Waals surface area (Å²) in [7, 11) is 0. The quantitative estimate of drug-likeness (QED) is 0.744. The normalized spacial score (nSPS) is 18.0. The summed E-state index contributed by atoms with van der Waals surface area (Å²) in [6.07, 6.45) is 1.24. The molecule has 0 radical (unpaired) electrons. The Hall–Kier alpha value is -2.13. The number of benzene rings is 1. The summed E-state index contributed by atoms with van der Waals surface area (Å²) in [4.78, 5) is 8.14. The minimum atomic E-state index is 0.650. The molecular weight excluding hydrogens is 282 g/mol. The van der Waals surface area contributed by atoms with Gasteiger partial charge in [0.05, 0.1) is 0 Å². The van der Waals surface area contributed by atoms with Crippen molar-refractivity contribution in [3.8, 4) is 11.3 Å². The second-order valence-electron chi connectivity index (χ2n) is 6.76. The molecule has 0 bridgehead atoms. The molecule has 2 N–H and O–H groups in total. The van der Waals surface area contributed by atoms with E-state index in [4.69, 9.17) is 0 Å². The van der Waals surface area contributed by atoms with Crippen molar-refractivity contribution in [1.82, 2.24) is 15.3 Å². The summed E-state index contributed by atoms with van der Waals surface area (Å²) in [5.74, 6) is 0.650. The SMILES string of the molecule is Cc1cc(-c2[nH]c3cc(C4CCNC4)ccc3c2C)cc(C)n1. The highest BCUT2D eigenvalue weighted by atomic mass is 14.9. The molecule has 1 fully saturated rings. The zero-order valence-corrected chi connectivity index (χ0v) is 14.0. The minimum absolute atomic E-state index is 0.650. The van der Waals surface area contributed by atoms with Crippen LogP contribution < -0.4 is 5.32 Å².